The van der Waals surface area contributed by atoms with Gasteiger partial charge in [0.15, 0.2) is 0 Å². The molecule has 0 radical (unpaired) electrons. The molecule has 5 aliphatic rings. The van der Waals surface area contributed by atoms with Crippen LogP contribution in [0.4, 0.5) is 4.39 Å². The molecule has 1 aromatic rings. The SMILES string of the molecule is COc1cc(F)ccc1S(=O)(=O)N1CCN(C23CC4CC(CC(C4)C2)C3)CC1. The molecule has 0 amide bonds. The summed E-state index contributed by atoms with van der Waals surface area (Å²) in [6.45, 7) is 2.55. The Bertz CT molecular complexity index is 829. The molecule has 4 bridgehead atoms. The Morgan fingerprint density at radius 2 is 1.57 bits per heavy atom. The van der Waals surface area contributed by atoms with E-state index in [2.05, 4.69) is 4.90 Å². The van der Waals surface area contributed by atoms with Gasteiger partial charge in [-0.3, -0.25) is 4.90 Å². The van der Waals surface area contributed by atoms with Gasteiger partial charge in [0.2, 0.25) is 10.0 Å². The third kappa shape index (κ3) is 2.97. The van der Waals surface area contributed by atoms with Crippen LogP contribution in [-0.2, 0) is 10.0 Å². The quantitative estimate of drug-likeness (QED) is 0.768. The van der Waals surface area contributed by atoms with Crippen molar-refractivity contribution in [3.63, 3.8) is 0 Å². The van der Waals surface area contributed by atoms with Gasteiger partial charge in [0.05, 0.1) is 7.11 Å². The van der Waals surface area contributed by atoms with Crippen molar-refractivity contribution in [2.24, 2.45) is 17.8 Å². The lowest BCUT2D eigenvalue weighted by atomic mass is 9.52. The van der Waals surface area contributed by atoms with Crippen molar-refractivity contribution in [2.45, 2.75) is 49.0 Å². The maximum absolute atomic E-state index is 13.5. The first-order chi connectivity index (χ1) is 13.4. The number of halogens is 1. The minimum absolute atomic E-state index is 0.0552. The van der Waals surface area contributed by atoms with Crippen molar-refractivity contribution < 1.29 is 17.5 Å². The number of hydrogen-bond donors (Lipinski definition) is 0. The van der Waals surface area contributed by atoms with Gasteiger partial charge < -0.3 is 4.74 Å². The highest BCUT2D eigenvalue weighted by Crippen LogP contribution is 2.57. The fraction of sp³-hybridized carbons (Fsp3) is 0.714. The number of methoxy groups -OCH3 is 1. The van der Waals surface area contributed by atoms with Crippen LogP contribution in [0.2, 0.25) is 0 Å². The topological polar surface area (TPSA) is 49.9 Å². The second kappa shape index (κ2) is 6.67. The minimum Gasteiger partial charge on any atom is -0.495 e. The normalized spacial score (nSPS) is 36.0. The van der Waals surface area contributed by atoms with Gasteiger partial charge in [-0.25, -0.2) is 12.8 Å². The van der Waals surface area contributed by atoms with Crippen molar-refractivity contribution in [2.75, 3.05) is 33.3 Å². The zero-order chi connectivity index (χ0) is 19.5. The summed E-state index contributed by atoms with van der Waals surface area (Å²) in [6.07, 6.45) is 8.15. The Balaban J connectivity index is 1.32. The van der Waals surface area contributed by atoms with E-state index in [9.17, 15) is 12.8 Å². The van der Waals surface area contributed by atoms with Crippen molar-refractivity contribution in [1.82, 2.24) is 9.21 Å². The van der Waals surface area contributed by atoms with Gasteiger partial charge in [-0.1, -0.05) is 0 Å². The molecule has 1 aliphatic heterocycles. The summed E-state index contributed by atoms with van der Waals surface area (Å²) in [4.78, 5) is 2.66. The second-order valence-corrected chi connectivity index (χ2v) is 11.2. The third-order valence-electron chi connectivity index (χ3n) is 7.66. The van der Waals surface area contributed by atoms with Crippen LogP contribution in [0.5, 0.6) is 5.75 Å². The molecule has 5 fully saturated rings. The van der Waals surface area contributed by atoms with Crippen molar-refractivity contribution >= 4 is 10.0 Å². The molecule has 7 heteroatoms. The van der Waals surface area contributed by atoms with Gasteiger partial charge >= 0.3 is 0 Å². The summed E-state index contributed by atoms with van der Waals surface area (Å²) in [5.41, 5.74) is 0.318. The predicted molar refractivity (Wildman–Crippen MR) is 104 cm³/mol. The monoisotopic (exact) mass is 408 g/mol. The zero-order valence-electron chi connectivity index (χ0n) is 16.4. The average molecular weight is 409 g/mol. The van der Waals surface area contributed by atoms with E-state index in [0.717, 1.165) is 36.9 Å². The highest BCUT2D eigenvalue weighted by Gasteiger charge is 2.54. The molecule has 1 heterocycles. The summed E-state index contributed by atoms with van der Waals surface area (Å²) < 4.78 is 46.4. The van der Waals surface area contributed by atoms with E-state index in [-0.39, 0.29) is 10.6 Å². The van der Waals surface area contributed by atoms with Gasteiger partial charge in [-0.05, 0) is 68.4 Å². The molecule has 0 spiro atoms. The van der Waals surface area contributed by atoms with Crippen LogP contribution < -0.4 is 4.74 Å². The Morgan fingerprint density at radius 1 is 1.00 bits per heavy atom. The lowest BCUT2D eigenvalue weighted by Crippen LogP contribution is -2.64. The molecule has 6 rings (SSSR count). The molecule has 1 saturated heterocycles. The number of sulfonamides is 1. The van der Waals surface area contributed by atoms with Gasteiger partial charge in [-0.15, -0.1) is 0 Å². The van der Waals surface area contributed by atoms with E-state index in [1.165, 1.54) is 57.8 Å². The molecule has 4 saturated carbocycles. The smallest absolute Gasteiger partial charge is 0.246 e. The van der Waals surface area contributed by atoms with Gasteiger partial charge in [0, 0.05) is 37.8 Å². The summed E-state index contributed by atoms with van der Waals surface area (Å²) in [5, 5.41) is 0. The maximum atomic E-state index is 13.5. The van der Waals surface area contributed by atoms with E-state index >= 15 is 0 Å². The highest BCUT2D eigenvalue weighted by molar-refractivity contribution is 7.89. The number of rotatable bonds is 4. The summed E-state index contributed by atoms with van der Waals surface area (Å²) in [6, 6.07) is 3.63. The largest absolute Gasteiger partial charge is 0.495 e. The summed E-state index contributed by atoms with van der Waals surface area (Å²) in [7, 11) is -2.31. The van der Waals surface area contributed by atoms with Crippen molar-refractivity contribution in [1.29, 1.82) is 0 Å². The van der Waals surface area contributed by atoms with E-state index in [1.54, 1.807) is 4.31 Å². The van der Waals surface area contributed by atoms with E-state index in [0.29, 0.717) is 18.6 Å². The zero-order valence-corrected chi connectivity index (χ0v) is 17.3. The number of piperazine rings is 1. The van der Waals surface area contributed by atoms with Crippen LogP contribution in [0.3, 0.4) is 0 Å². The standard InChI is InChI=1S/C21H29FN2O3S/c1-27-19-11-18(22)2-3-20(19)28(25,26)24-6-4-23(5-7-24)21-12-15-8-16(13-21)10-17(9-15)14-21/h2-3,11,15-17H,4-10,12-14H2,1H3. The lowest BCUT2D eigenvalue weighted by molar-refractivity contribution is -0.0964. The molecule has 0 unspecified atom stereocenters. The molecule has 154 valence electrons. The number of hydrogen-bond acceptors (Lipinski definition) is 4. The third-order valence-corrected chi connectivity index (χ3v) is 9.60. The molecule has 5 nitrogen and oxygen atoms in total. The van der Waals surface area contributed by atoms with E-state index in [1.807, 2.05) is 0 Å². The minimum atomic E-state index is -3.69. The molecule has 0 aromatic heterocycles. The lowest BCUT2D eigenvalue weighted by Gasteiger charge is -2.61. The second-order valence-electron chi connectivity index (χ2n) is 9.33. The fourth-order valence-corrected chi connectivity index (χ4v) is 8.41. The molecule has 1 aromatic carbocycles. The van der Waals surface area contributed by atoms with Crippen LogP contribution in [0.25, 0.3) is 0 Å². The van der Waals surface area contributed by atoms with Crippen molar-refractivity contribution in [3.05, 3.63) is 24.0 Å². The highest BCUT2D eigenvalue weighted by atomic mass is 32.2. The van der Waals surface area contributed by atoms with Crippen LogP contribution in [-0.4, -0.2) is 56.5 Å². The first kappa shape index (κ1) is 18.8. The molecule has 4 aliphatic carbocycles. The summed E-state index contributed by atoms with van der Waals surface area (Å²) in [5.74, 6) is 2.23. The van der Waals surface area contributed by atoms with Crippen LogP contribution in [0.1, 0.15) is 38.5 Å². The van der Waals surface area contributed by atoms with Crippen LogP contribution in [0, 0.1) is 23.6 Å². The predicted octanol–water partition coefficient (Wildman–Crippen LogP) is 3.11. The number of benzene rings is 1. The Morgan fingerprint density at radius 3 is 2.11 bits per heavy atom. The molecular weight excluding hydrogens is 379 g/mol. The van der Waals surface area contributed by atoms with E-state index in [4.69, 9.17) is 4.74 Å². The molecule has 0 atom stereocenters. The first-order valence-electron chi connectivity index (χ1n) is 10.5. The van der Waals surface area contributed by atoms with Gasteiger partial charge in [0.25, 0.3) is 0 Å². The average Bonchev–Trinajstić information content (AvgIpc) is 2.66. The Kier molecular flexibility index (Phi) is 4.49. The number of ether oxygens (including phenoxy) is 1. The van der Waals surface area contributed by atoms with Gasteiger partial charge in [-0.2, -0.15) is 4.31 Å². The van der Waals surface area contributed by atoms with E-state index < -0.39 is 15.8 Å². The maximum Gasteiger partial charge on any atom is 0.246 e. The number of nitrogens with zero attached hydrogens (tertiary/aromatic N) is 2. The molecule has 28 heavy (non-hydrogen) atoms. The summed E-state index contributed by atoms with van der Waals surface area (Å²) >= 11 is 0. The van der Waals surface area contributed by atoms with Crippen LogP contribution in [0.15, 0.2) is 23.1 Å². The van der Waals surface area contributed by atoms with Crippen LogP contribution >= 0.6 is 0 Å². The Labute approximate surface area is 166 Å². The Hall–Kier alpha value is -1.18. The molecular formula is C21H29FN2O3S. The first-order valence-corrected chi connectivity index (χ1v) is 11.9. The van der Waals surface area contributed by atoms with Gasteiger partial charge in [0.1, 0.15) is 16.5 Å². The van der Waals surface area contributed by atoms with Crippen molar-refractivity contribution in [3.8, 4) is 5.75 Å². The molecule has 0 N–H and O–H groups in total. The fourth-order valence-electron chi connectivity index (χ4n) is 6.85.